The van der Waals surface area contributed by atoms with Crippen LogP contribution in [0.4, 0.5) is 13.2 Å². The molecule has 0 saturated carbocycles. The molecule has 2 rings (SSSR count). The van der Waals surface area contributed by atoms with Gasteiger partial charge in [0.2, 0.25) is 5.88 Å². The number of carbonyl (C=O) groups excluding carboxylic acids is 1. The molecular weight excluding hydrogens is 311 g/mol. The van der Waals surface area contributed by atoms with Crippen molar-refractivity contribution in [2.45, 2.75) is 19.5 Å². The molecule has 23 heavy (non-hydrogen) atoms. The second-order valence-corrected chi connectivity index (χ2v) is 5.53. The molecule has 0 aliphatic carbocycles. The fraction of sp³-hybridized carbons (Fsp3) is 0.600. The molecule has 0 bridgehead atoms. The standard InChI is InChI=1S/C15H20F3N3O2/c1-2-23-13-4-3-12(8-19-13)14(22)20-7-11-5-6-21(9-11)10-15(16,17)18/h3-4,8,11H,2,5-7,9-10H2,1H3,(H,20,22). The number of aromatic nitrogens is 1. The molecular formula is C15H20F3N3O2. The second kappa shape index (κ2) is 7.63. The Bertz CT molecular complexity index is 520. The first-order valence-corrected chi connectivity index (χ1v) is 7.53. The molecule has 1 unspecified atom stereocenters. The summed E-state index contributed by atoms with van der Waals surface area (Å²) in [6.45, 7) is 2.56. The highest BCUT2D eigenvalue weighted by Gasteiger charge is 2.34. The van der Waals surface area contributed by atoms with Crippen LogP contribution >= 0.6 is 0 Å². The maximum absolute atomic E-state index is 12.3. The Hall–Kier alpha value is -1.83. The first-order valence-electron chi connectivity index (χ1n) is 7.53. The molecule has 0 radical (unpaired) electrons. The molecule has 1 aliphatic rings. The number of carbonyl (C=O) groups is 1. The average molecular weight is 331 g/mol. The number of hydrogen-bond acceptors (Lipinski definition) is 4. The Kier molecular flexibility index (Phi) is 5.81. The minimum atomic E-state index is -4.17. The maximum Gasteiger partial charge on any atom is 0.401 e. The van der Waals surface area contributed by atoms with E-state index < -0.39 is 12.7 Å². The van der Waals surface area contributed by atoms with Gasteiger partial charge in [0.15, 0.2) is 0 Å². The van der Waals surface area contributed by atoms with Crippen LogP contribution in [0, 0.1) is 5.92 Å². The third kappa shape index (κ3) is 5.70. The van der Waals surface area contributed by atoms with Crippen molar-refractivity contribution in [2.75, 3.05) is 32.8 Å². The zero-order valence-corrected chi connectivity index (χ0v) is 12.9. The van der Waals surface area contributed by atoms with E-state index >= 15 is 0 Å². The summed E-state index contributed by atoms with van der Waals surface area (Å²) in [5.41, 5.74) is 0.401. The van der Waals surface area contributed by atoms with Crippen molar-refractivity contribution in [2.24, 2.45) is 5.92 Å². The lowest BCUT2D eigenvalue weighted by atomic mass is 10.1. The summed E-state index contributed by atoms with van der Waals surface area (Å²) in [6.07, 6.45) is -2.10. The van der Waals surface area contributed by atoms with Gasteiger partial charge in [0.05, 0.1) is 18.7 Å². The van der Waals surface area contributed by atoms with Crippen molar-refractivity contribution < 1.29 is 22.7 Å². The molecule has 5 nitrogen and oxygen atoms in total. The minimum Gasteiger partial charge on any atom is -0.478 e. The lowest BCUT2D eigenvalue weighted by molar-refractivity contribution is -0.143. The Labute approximate surface area is 132 Å². The monoisotopic (exact) mass is 331 g/mol. The van der Waals surface area contributed by atoms with E-state index in [4.69, 9.17) is 4.74 Å². The van der Waals surface area contributed by atoms with Gasteiger partial charge in [0, 0.05) is 25.4 Å². The quantitative estimate of drug-likeness (QED) is 0.867. The van der Waals surface area contributed by atoms with E-state index in [9.17, 15) is 18.0 Å². The van der Waals surface area contributed by atoms with Crippen LogP contribution in [0.1, 0.15) is 23.7 Å². The fourth-order valence-electron chi connectivity index (χ4n) is 2.56. The minimum absolute atomic E-state index is 0.0388. The number of nitrogens with zero attached hydrogens (tertiary/aromatic N) is 2. The van der Waals surface area contributed by atoms with Gasteiger partial charge < -0.3 is 10.1 Å². The number of halogens is 3. The number of rotatable bonds is 6. The zero-order valence-electron chi connectivity index (χ0n) is 12.9. The number of alkyl halides is 3. The molecule has 1 saturated heterocycles. The lowest BCUT2D eigenvalue weighted by Gasteiger charge is -2.18. The van der Waals surface area contributed by atoms with E-state index in [0.29, 0.717) is 44.1 Å². The molecule has 0 spiro atoms. The Balaban J connectivity index is 1.76. The molecule has 1 aliphatic heterocycles. The number of hydrogen-bond donors (Lipinski definition) is 1. The maximum atomic E-state index is 12.3. The van der Waals surface area contributed by atoms with E-state index in [-0.39, 0.29) is 11.8 Å². The zero-order chi connectivity index (χ0) is 16.9. The summed E-state index contributed by atoms with van der Waals surface area (Å²) in [6, 6.07) is 3.22. The Morgan fingerprint density at radius 3 is 2.87 bits per heavy atom. The van der Waals surface area contributed by atoms with Gasteiger partial charge in [0.1, 0.15) is 0 Å². The van der Waals surface area contributed by atoms with Gasteiger partial charge in [-0.1, -0.05) is 0 Å². The van der Waals surface area contributed by atoms with E-state index in [1.165, 1.54) is 11.1 Å². The molecule has 0 aromatic carbocycles. The number of likely N-dealkylation sites (tertiary alicyclic amines) is 1. The molecule has 8 heteroatoms. The molecule has 1 amide bonds. The highest BCUT2D eigenvalue weighted by molar-refractivity contribution is 5.93. The van der Waals surface area contributed by atoms with Gasteiger partial charge in [-0.2, -0.15) is 13.2 Å². The average Bonchev–Trinajstić information content (AvgIpc) is 2.91. The normalized spacial score (nSPS) is 18.9. The summed E-state index contributed by atoms with van der Waals surface area (Å²) in [7, 11) is 0. The van der Waals surface area contributed by atoms with Gasteiger partial charge in [-0.3, -0.25) is 9.69 Å². The summed E-state index contributed by atoms with van der Waals surface area (Å²) in [5.74, 6) is 0.203. The number of nitrogens with one attached hydrogen (secondary N) is 1. The third-order valence-electron chi connectivity index (χ3n) is 3.61. The number of ether oxygens (including phenoxy) is 1. The lowest BCUT2D eigenvalue weighted by Crippen LogP contribution is -2.34. The predicted octanol–water partition coefficient (Wildman–Crippen LogP) is 2.09. The van der Waals surface area contributed by atoms with Crippen LogP contribution in [0.2, 0.25) is 0 Å². The van der Waals surface area contributed by atoms with Crippen molar-refractivity contribution in [3.8, 4) is 5.88 Å². The van der Waals surface area contributed by atoms with Crippen LogP contribution in [-0.2, 0) is 0 Å². The van der Waals surface area contributed by atoms with Crippen LogP contribution in [0.3, 0.4) is 0 Å². The van der Waals surface area contributed by atoms with Crippen molar-refractivity contribution in [3.05, 3.63) is 23.9 Å². The first kappa shape index (κ1) is 17.5. The molecule has 1 N–H and O–H groups in total. The van der Waals surface area contributed by atoms with Gasteiger partial charge in [-0.25, -0.2) is 4.98 Å². The van der Waals surface area contributed by atoms with E-state index in [0.717, 1.165) is 0 Å². The largest absolute Gasteiger partial charge is 0.478 e. The van der Waals surface area contributed by atoms with Crippen LogP contribution < -0.4 is 10.1 Å². The molecule has 128 valence electrons. The predicted molar refractivity (Wildman–Crippen MR) is 78.3 cm³/mol. The van der Waals surface area contributed by atoms with Crippen LogP contribution in [0.25, 0.3) is 0 Å². The number of amides is 1. The van der Waals surface area contributed by atoms with E-state index in [1.54, 1.807) is 12.1 Å². The molecule has 1 fully saturated rings. The van der Waals surface area contributed by atoms with E-state index in [2.05, 4.69) is 10.3 Å². The smallest absolute Gasteiger partial charge is 0.401 e. The molecule has 1 aromatic rings. The summed E-state index contributed by atoms with van der Waals surface area (Å²) in [5, 5.41) is 2.75. The molecule has 1 atom stereocenters. The fourth-order valence-corrected chi connectivity index (χ4v) is 2.56. The van der Waals surface area contributed by atoms with Crippen LogP contribution in [0.15, 0.2) is 18.3 Å². The van der Waals surface area contributed by atoms with Gasteiger partial charge in [-0.15, -0.1) is 0 Å². The molecule has 2 heterocycles. The summed E-state index contributed by atoms with van der Waals surface area (Å²) in [4.78, 5) is 17.4. The summed E-state index contributed by atoms with van der Waals surface area (Å²) >= 11 is 0. The Morgan fingerprint density at radius 1 is 1.48 bits per heavy atom. The van der Waals surface area contributed by atoms with Crippen molar-refractivity contribution in [1.29, 1.82) is 0 Å². The Morgan fingerprint density at radius 2 is 2.26 bits per heavy atom. The van der Waals surface area contributed by atoms with Gasteiger partial charge >= 0.3 is 6.18 Å². The van der Waals surface area contributed by atoms with Gasteiger partial charge in [0.25, 0.3) is 5.91 Å². The highest BCUT2D eigenvalue weighted by atomic mass is 19.4. The first-order chi connectivity index (χ1) is 10.9. The van der Waals surface area contributed by atoms with E-state index in [1.807, 2.05) is 6.92 Å². The van der Waals surface area contributed by atoms with Crippen molar-refractivity contribution >= 4 is 5.91 Å². The number of pyridine rings is 1. The summed E-state index contributed by atoms with van der Waals surface area (Å²) < 4.78 is 42.2. The van der Waals surface area contributed by atoms with Crippen molar-refractivity contribution in [3.63, 3.8) is 0 Å². The second-order valence-electron chi connectivity index (χ2n) is 5.53. The molecule has 1 aromatic heterocycles. The highest BCUT2D eigenvalue weighted by Crippen LogP contribution is 2.22. The van der Waals surface area contributed by atoms with Crippen molar-refractivity contribution in [1.82, 2.24) is 15.2 Å². The topological polar surface area (TPSA) is 54.5 Å². The third-order valence-corrected chi connectivity index (χ3v) is 3.61. The van der Waals surface area contributed by atoms with Crippen LogP contribution in [0.5, 0.6) is 5.88 Å². The SMILES string of the molecule is CCOc1ccc(C(=O)NCC2CCN(CC(F)(F)F)C2)cn1. The van der Waals surface area contributed by atoms with Gasteiger partial charge in [-0.05, 0) is 31.9 Å². The van der Waals surface area contributed by atoms with Crippen LogP contribution in [-0.4, -0.2) is 54.8 Å².